The van der Waals surface area contributed by atoms with Gasteiger partial charge in [-0.25, -0.2) is 13.1 Å². The Kier molecular flexibility index (Phi) is 4.19. The summed E-state index contributed by atoms with van der Waals surface area (Å²) in [4.78, 5) is 13.5. The smallest absolute Gasteiger partial charge is 0.240 e. The van der Waals surface area contributed by atoms with Crippen LogP contribution in [-0.2, 0) is 27.8 Å². The second kappa shape index (κ2) is 6.03. The number of carbonyl (C=O) groups excluding carboxylic acids is 1. The van der Waals surface area contributed by atoms with Crippen LogP contribution in [-0.4, -0.2) is 21.4 Å². The molecule has 2 aromatic rings. The van der Waals surface area contributed by atoms with E-state index in [0.717, 1.165) is 22.4 Å². The summed E-state index contributed by atoms with van der Waals surface area (Å²) >= 11 is 0. The Morgan fingerprint density at radius 3 is 2.54 bits per heavy atom. The van der Waals surface area contributed by atoms with E-state index in [4.69, 9.17) is 0 Å². The fourth-order valence-corrected chi connectivity index (χ4v) is 3.86. The van der Waals surface area contributed by atoms with Gasteiger partial charge in [-0.2, -0.15) is 0 Å². The van der Waals surface area contributed by atoms with Gasteiger partial charge < -0.3 is 4.90 Å². The molecule has 1 N–H and O–H groups in total. The highest BCUT2D eigenvalue weighted by atomic mass is 32.2. The Bertz CT molecular complexity index is 920. The average Bonchev–Trinajstić information content (AvgIpc) is 2.83. The van der Waals surface area contributed by atoms with Gasteiger partial charge in [0.2, 0.25) is 15.9 Å². The zero-order chi connectivity index (χ0) is 17.5. The summed E-state index contributed by atoms with van der Waals surface area (Å²) in [6, 6.07) is 10.7. The monoisotopic (exact) mass is 344 g/mol. The predicted octanol–water partition coefficient (Wildman–Crippen LogP) is 2.30. The minimum atomic E-state index is -3.62. The van der Waals surface area contributed by atoms with Crippen molar-refractivity contribution in [3.8, 4) is 0 Å². The highest BCUT2D eigenvalue weighted by molar-refractivity contribution is 7.89. The van der Waals surface area contributed by atoms with Crippen LogP contribution in [0, 0.1) is 13.8 Å². The number of sulfonamides is 1. The number of likely N-dealkylation sites (N-methyl/N-ethyl adjacent to an activating group) is 1. The maximum absolute atomic E-state index is 12.5. The molecule has 0 unspecified atom stereocenters. The van der Waals surface area contributed by atoms with Gasteiger partial charge in [0.1, 0.15) is 0 Å². The Morgan fingerprint density at radius 1 is 1.08 bits per heavy atom. The standard InChI is InChI=1S/C18H20N2O3S/c1-12-4-5-14(8-13(12)2)11-19-24(22,23)16-6-7-17-15(9-16)10-18(21)20(17)3/h4-9,19H,10-11H2,1-3H3. The fourth-order valence-electron chi connectivity index (χ4n) is 2.79. The highest BCUT2D eigenvalue weighted by Crippen LogP contribution is 2.29. The second-order valence-electron chi connectivity index (χ2n) is 6.16. The molecule has 1 aliphatic rings. The molecule has 0 atom stereocenters. The molecule has 5 nitrogen and oxygen atoms in total. The molecular weight excluding hydrogens is 324 g/mol. The van der Waals surface area contributed by atoms with E-state index in [1.165, 1.54) is 11.6 Å². The molecule has 0 aromatic heterocycles. The molecule has 0 saturated heterocycles. The lowest BCUT2D eigenvalue weighted by Crippen LogP contribution is -2.23. The summed E-state index contributed by atoms with van der Waals surface area (Å²) in [6.45, 7) is 4.26. The maximum atomic E-state index is 12.5. The van der Waals surface area contributed by atoms with E-state index in [1.807, 2.05) is 32.0 Å². The number of anilines is 1. The second-order valence-corrected chi connectivity index (χ2v) is 7.93. The minimum Gasteiger partial charge on any atom is -0.315 e. The van der Waals surface area contributed by atoms with Crippen molar-refractivity contribution in [1.29, 1.82) is 0 Å². The molecule has 0 bridgehead atoms. The highest BCUT2D eigenvalue weighted by Gasteiger charge is 2.26. The van der Waals surface area contributed by atoms with Crippen LogP contribution in [0.15, 0.2) is 41.3 Å². The molecule has 0 fully saturated rings. The normalized spacial score (nSPS) is 14.1. The number of nitrogens with zero attached hydrogens (tertiary/aromatic N) is 1. The number of benzene rings is 2. The summed E-state index contributed by atoms with van der Waals surface area (Å²) in [6.07, 6.45) is 0.242. The largest absolute Gasteiger partial charge is 0.315 e. The Morgan fingerprint density at radius 2 is 1.83 bits per heavy atom. The van der Waals surface area contributed by atoms with E-state index in [9.17, 15) is 13.2 Å². The number of rotatable bonds is 4. The number of nitrogens with one attached hydrogen (secondary N) is 1. The predicted molar refractivity (Wildman–Crippen MR) is 93.5 cm³/mol. The number of fused-ring (bicyclic) bond motifs is 1. The first-order chi connectivity index (χ1) is 11.3. The molecule has 126 valence electrons. The molecule has 2 aromatic carbocycles. The van der Waals surface area contributed by atoms with Crippen molar-refractivity contribution in [3.63, 3.8) is 0 Å². The Hall–Kier alpha value is -2.18. The molecule has 1 amide bonds. The summed E-state index contributed by atoms with van der Waals surface area (Å²) in [5.41, 5.74) is 4.74. The van der Waals surface area contributed by atoms with Gasteiger partial charge in [0, 0.05) is 19.3 Å². The molecule has 24 heavy (non-hydrogen) atoms. The van der Waals surface area contributed by atoms with Gasteiger partial charge >= 0.3 is 0 Å². The zero-order valence-electron chi connectivity index (χ0n) is 14.0. The van der Waals surface area contributed by atoms with Crippen LogP contribution in [0.25, 0.3) is 0 Å². The van der Waals surface area contributed by atoms with Crippen molar-refractivity contribution >= 4 is 21.6 Å². The lowest BCUT2D eigenvalue weighted by atomic mass is 10.1. The average molecular weight is 344 g/mol. The summed E-state index contributed by atoms with van der Waals surface area (Å²) < 4.78 is 27.6. The van der Waals surface area contributed by atoms with E-state index in [1.54, 1.807) is 24.1 Å². The van der Waals surface area contributed by atoms with Crippen LogP contribution in [0.3, 0.4) is 0 Å². The summed E-state index contributed by atoms with van der Waals surface area (Å²) in [7, 11) is -1.92. The van der Waals surface area contributed by atoms with Crippen molar-refractivity contribution in [2.75, 3.05) is 11.9 Å². The van der Waals surface area contributed by atoms with Crippen molar-refractivity contribution in [3.05, 3.63) is 58.7 Å². The van der Waals surface area contributed by atoms with Crippen molar-refractivity contribution < 1.29 is 13.2 Å². The van der Waals surface area contributed by atoms with Gasteiger partial charge in [-0.3, -0.25) is 4.79 Å². The summed E-state index contributed by atoms with van der Waals surface area (Å²) in [5.74, 6) is -0.0253. The van der Waals surface area contributed by atoms with Gasteiger partial charge in [-0.15, -0.1) is 0 Å². The molecule has 0 saturated carbocycles. The number of hydrogen-bond acceptors (Lipinski definition) is 3. The van der Waals surface area contributed by atoms with Crippen molar-refractivity contribution in [2.24, 2.45) is 0 Å². The lowest BCUT2D eigenvalue weighted by molar-refractivity contribution is -0.117. The van der Waals surface area contributed by atoms with Gasteiger partial charge in [-0.05, 0) is 54.3 Å². The van der Waals surface area contributed by atoms with Crippen LogP contribution in [0.1, 0.15) is 22.3 Å². The van der Waals surface area contributed by atoms with Crippen LogP contribution in [0.5, 0.6) is 0 Å². The molecule has 6 heteroatoms. The molecule has 0 spiro atoms. The van der Waals surface area contributed by atoms with Gasteiger partial charge in [-0.1, -0.05) is 18.2 Å². The molecule has 0 aliphatic carbocycles. The SMILES string of the molecule is Cc1ccc(CNS(=O)(=O)c2ccc3c(c2)CC(=O)N3C)cc1C. The zero-order valence-corrected chi connectivity index (χ0v) is 14.8. The molecule has 1 aliphatic heterocycles. The molecule has 3 rings (SSSR count). The van der Waals surface area contributed by atoms with E-state index in [0.29, 0.717) is 0 Å². The topological polar surface area (TPSA) is 66.5 Å². The van der Waals surface area contributed by atoms with Crippen molar-refractivity contribution in [1.82, 2.24) is 4.72 Å². The third kappa shape index (κ3) is 3.07. The maximum Gasteiger partial charge on any atom is 0.240 e. The van der Waals surface area contributed by atoms with Crippen LogP contribution < -0.4 is 9.62 Å². The first-order valence-electron chi connectivity index (χ1n) is 7.73. The summed E-state index contributed by atoms with van der Waals surface area (Å²) in [5, 5.41) is 0. The number of amides is 1. The Labute approximate surface area is 142 Å². The van der Waals surface area contributed by atoms with E-state index in [-0.39, 0.29) is 23.8 Å². The number of aryl methyl sites for hydroxylation is 2. The third-order valence-electron chi connectivity index (χ3n) is 4.48. The van der Waals surface area contributed by atoms with E-state index in [2.05, 4.69) is 4.72 Å². The van der Waals surface area contributed by atoms with Crippen molar-refractivity contribution in [2.45, 2.75) is 31.7 Å². The first kappa shape index (κ1) is 16.7. The van der Waals surface area contributed by atoms with E-state index >= 15 is 0 Å². The van der Waals surface area contributed by atoms with Gasteiger partial charge in [0.15, 0.2) is 0 Å². The van der Waals surface area contributed by atoms with Crippen LogP contribution >= 0.6 is 0 Å². The minimum absolute atomic E-state index is 0.0253. The quantitative estimate of drug-likeness (QED) is 0.925. The number of hydrogen-bond donors (Lipinski definition) is 1. The molecule has 1 heterocycles. The first-order valence-corrected chi connectivity index (χ1v) is 9.21. The lowest BCUT2D eigenvalue weighted by Gasteiger charge is -2.12. The molecular formula is C18H20N2O3S. The van der Waals surface area contributed by atoms with Gasteiger partial charge in [0.05, 0.1) is 11.3 Å². The van der Waals surface area contributed by atoms with E-state index < -0.39 is 10.0 Å². The van der Waals surface area contributed by atoms with Crippen LogP contribution in [0.2, 0.25) is 0 Å². The fraction of sp³-hybridized carbons (Fsp3) is 0.278. The molecule has 0 radical (unpaired) electrons. The number of carbonyl (C=O) groups is 1. The van der Waals surface area contributed by atoms with Crippen LogP contribution in [0.4, 0.5) is 5.69 Å². The third-order valence-corrected chi connectivity index (χ3v) is 5.87. The van der Waals surface area contributed by atoms with Gasteiger partial charge in [0.25, 0.3) is 0 Å². The Balaban J connectivity index is 1.80.